The maximum atomic E-state index is 12.8. The average Bonchev–Trinajstić information content (AvgIpc) is 3.23. The van der Waals surface area contributed by atoms with Crippen molar-refractivity contribution in [3.63, 3.8) is 0 Å². The van der Waals surface area contributed by atoms with Crippen LogP contribution in [-0.2, 0) is 28.6 Å². The third kappa shape index (κ3) is 43.6. The van der Waals surface area contributed by atoms with Crippen LogP contribution in [0.5, 0.6) is 0 Å². The summed E-state index contributed by atoms with van der Waals surface area (Å²) in [6.45, 7) is 4.81. The van der Waals surface area contributed by atoms with Crippen molar-refractivity contribution < 1.29 is 38.2 Å². The van der Waals surface area contributed by atoms with Crippen molar-refractivity contribution in [2.45, 2.75) is 289 Å². The molecule has 0 aromatic heterocycles. The van der Waals surface area contributed by atoms with Gasteiger partial charge in [-0.15, -0.1) is 0 Å². The van der Waals surface area contributed by atoms with E-state index in [1.54, 1.807) is 0 Å². The Bertz CT molecular complexity index is 982. The van der Waals surface area contributed by atoms with Gasteiger partial charge >= 0.3 is 17.9 Å². The highest BCUT2D eigenvalue weighted by Gasteiger charge is 2.31. The van der Waals surface area contributed by atoms with Crippen LogP contribution in [0.15, 0.2) is 0 Å². The van der Waals surface area contributed by atoms with Crippen molar-refractivity contribution in [2.75, 3.05) is 41.0 Å². The predicted octanol–water partition coefficient (Wildman–Crippen LogP) is 15.7. The van der Waals surface area contributed by atoms with E-state index in [1.165, 1.54) is 205 Å². The van der Waals surface area contributed by atoms with Crippen molar-refractivity contribution >= 4 is 17.9 Å². The molecule has 62 heavy (non-hydrogen) atoms. The minimum atomic E-state index is -0.868. The Morgan fingerprint density at radius 1 is 0.419 bits per heavy atom. The van der Waals surface area contributed by atoms with Gasteiger partial charge in [0.2, 0.25) is 0 Å². The van der Waals surface area contributed by atoms with E-state index in [1.807, 2.05) is 21.1 Å². The van der Waals surface area contributed by atoms with Crippen LogP contribution in [0.3, 0.4) is 0 Å². The molecule has 0 aromatic rings. The molecule has 2 atom stereocenters. The van der Waals surface area contributed by atoms with Crippen molar-refractivity contribution in [1.82, 2.24) is 0 Å². The summed E-state index contributed by atoms with van der Waals surface area (Å²) in [7, 11) is 5.55. The zero-order valence-electron chi connectivity index (χ0n) is 42.1. The van der Waals surface area contributed by atoms with E-state index < -0.39 is 18.1 Å². The average molecular weight is 881 g/mol. The number of carbonyl (C=O) groups is 3. The number of nitrogens with zero attached hydrogens (tertiary/aromatic N) is 1. The van der Waals surface area contributed by atoms with Crippen LogP contribution in [0.4, 0.5) is 0 Å². The fourth-order valence-corrected chi connectivity index (χ4v) is 8.57. The van der Waals surface area contributed by atoms with E-state index in [9.17, 15) is 19.5 Å². The van der Waals surface area contributed by atoms with Gasteiger partial charge in [0.05, 0.1) is 34.4 Å². The van der Waals surface area contributed by atoms with Gasteiger partial charge < -0.3 is 23.8 Å². The molecule has 8 nitrogen and oxygen atoms in total. The molecule has 0 saturated carbocycles. The summed E-state index contributed by atoms with van der Waals surface area (Å²) in [5, 5.41) is 9.66. The van der Waals surface area contributed by atoms with Crippen molar-refractivity contribution in [3.05, 3.63) is 0 Å². The number of ether oxygens (including phenoxy) is 3. The lowest BCUT2D eigenvalue weighted by atomic mass is 10.0. The highest BCUT2D eigenvalue weighted by Crippen LogP contribution is 2.18. The largest absolute Gasteiger partial charge is 0.477 e. The number of quaternary nitrogens is 1. The Kier molecular flexibility index (Phi) is 44.6. The highest BCUT2D eigenvalue weighted by molar-refractivity contribution is 5.72. The summed E-state index contributed by atoms with van der Waals surface area (Å²) in [6, 6.07) is -0.609. The molecule has 0 aromatic carbocycles. The lowest BCUT2D eigenvalue weighted by Crippen LogP contribution is -2.50. The van der Waals surface area contributed by atoms with Crippen LogP contribution in [-0.4, -0.2) is 80.6 Å². The predicted molar refractivity (Wildman–Crippen MR) is 262 cm³/mol. The molecule has 0 spiro atoms. The molecule has 0 radical (unpaired) electrons. The van der Waals surface area contributed by atoms with Gasteiger partial charge in [-0.2, -0.15) is 0 Å². The van der Waals surface area contributed by atoms with Gasteiger partial charge in [-0.1, -0.05) is 245 Å². The summed E-state index contributed by atoms with van der Waals surface area (Å²) in [5.74, 6) is -1.44. The molecule has 1 N–H and O–H groups in total. The Balaban J connectivity index is 4.14. The van der Waals surface area contributed by atoms with Crippen LogP contribution in [0.25, 0.3) is 0 Å². The highest BCUT2D eigenvalue weighted by atomic mass is 16.6. The SMILES string of the molecule is CCCCCCCCCCCCCCCCCCCCCCCC(=O)OCC(COCCC(C(=O)O)[N+](C)(C)C)OC(=O)CCCCCCCCCCCCCCCCCCC. The van der Waals surface area contributed by atoms with E-state index in [-0.39, 0.29) is 36.2 Å². The first-order valence-corrected chi connectivity index (χ1v) is 27.1. The van der Waals surface area contributed by atoms with Crippen LogP contribution < -0.4 is 0 Å². The molecule has 0 saturated heterocycles. The Morgan fingerprint density at radius 2 is 0.710 bits per heavy atom. The lowest BCUT2D eigenvalue weighted by Gasteiger charge is -2.31. The minimum absolute atomic E-state index is 0.0411. The second-order valence-corrected chi connectivity index (χ2v) is 19.9. The molecule has 8 heteroatoms. The molecular weight excluding hydrogens is 775 g/mol. The second-order valence-electron chi connectivity index (χ2n) is 19.9. The minimum Gasteiger partial charge on any atom is -0.477 e. The molecule has 0 heterocycles. The lowest BCUT2D eigenvalue weighted by molar-refractivity contribution is -0.887. The zero-order chi connectivity index (χ0) is 45.6. The maximum Gasteiger partial charge on any atom is 0.362 e. The molecule has 2 unspecified atom stereocenters. The van der Waals surface area contributed by atoms with Crippen LogP contribution in [0, 0.1) is 0 Å². The third-order valence-electron chi connectivity index (χ3n) is 12.8. The van der Waals surface area contributed by atoms with E-state index in [4.69, 9.17) is 14.2 Å². The van der Waals surface area contributed by atoms with E-state index >= 15 is 0 Å². The monoisotopic (exact) mass is 881 g/mol. The van der Waals surface area contributed by atoms with Crippen molar-refractivity contribution in [3.8, 4) is 0 Å². The first kappa shape index (κ1) is 60.3. The van der Waals surface area contributed by atoms with E-state index in [2.05, 4.69) is 13.8 Å². The number of carboxylic acid groups (broad SMARTS) is 1. The number of carboxylic acids is 1. The summed E-state index contributed by atoms with van der Waals surface area (Å²) in [6.07, 6.45) is 50.1. The van der Waals surface area contributed by atoms with Gasteiger partial charge in [-0.05, 0) is 12.8 Å². The normalized spacial score (nSPS) is 12.7. The Hall–Kier alpha value is -1.67. The summed E-state index contributed by atoms with van der Waals surface area (Å²) in [4.78, 5) is 37.2. The van der Waals surface area contributed by atoms with Gasteiger partial charge in [0.25, 0.3) is 0 Å². The maximum absolute atomic E-state index is 12.8. The number of carbonyl (C=O) groups excluding carboxylic acids is 2. The number of esters is 2. The van der Waals surface area contributed by atoms with E-state index in [0.29, 0.717) is 19.3 Å². The van der Waals surface area contributed by atoms with Crippen LogP contribution in [0.2, 0.25) is 0 Å². The van der Waals surface area contributed by atoms with Crippen LogP contribution >= 0.6 is 0 Å². The van der Waals surface area contributed by atoms with Gasteiger partial charge in [0.15, 0.2) is 12.1 Å². The molecule has 0 fully saturated rings. The molecule has 368 valence electrons. The molecule has 0 aliphatic rings. The zero-order valence-corrected chi connectivity index (χ0v) is 42.1. The van der Waals surface area contributed by atoms with Crippen LogP contribution in [0.1, 0.15) is 277 Å². The summed E-state index contributed by atoms with van der Waals surface area (Å²) < 4.78 is 17.4. The quantitative estimate of drug-likeness (QED) is 0.0369. The number of hydrogen-bond donors (Lipinski definition) is 1. The molecule has 0 bridgehead atoms. The second kappa shape index (κ2) is 45.9. The van der Waals surface area contributed by atoms with E-state index in [0.717, 1.165) is 38.5 Å². The summed E-state index contributed by atoms with van der Waals surface area (Å²) >= 11 is 0. The van der Waals surface area contributed by atoms with Gasteiger partial charge in [0, 0.05) is 19.3 Å². The van der Waals surface area contributed by atoms with Gasteiger partial charge in [-0.25, -0.2) is 4.79 Å². The number of unbranched alkanes of at least 4 members (excludes halogenated alkanes) is 36. The summed E-state index contributed by atoms with van der Waals surface area (Å²) in [5.41, 5.74) is 0. The standard InChI is InChI=1S/C54H105NO7/c1-6-8-10-12-14-16-18-20-22-24-25-26-27-29-30-32-34-36-38-40-42-44-52(56)61-49-50(48-60-47-46-51(54(58)59)55(3,4)5)62-53(57)45-43-41-39-37-35-33-31-28-23-21-19-17-15-13-11-9-7-2/h50-51H,6-49H2,1-5H3/p+1. The number of rotatable bonds is 50. The molecule has 0 aliphatic heterocycles. The topological polar surface area (TPSA) is 99.1 Å². The smallest absolute Gasteiger partial charge is 0.362 e. The fourth-order valence-electron chi connectivity index (χ4n) is 8.57. The molecule has 0 amide bonds. The molecule has 0 aliphatic carbocycles. The fraction of sp³-hybridized carbons (Fsp3) is 0.944. The Morgan fingerprint density at radius 3 is 1.00 bits per heavy atom. The Labute approximate surface area is 385 Å². The first-order valence-electron chi connectivity index (χ1n) is 27.1. The molecule has 0 rings (SSSR count). The number of aliphatic carboxylic acids is 1. The third-order valence-corrected chi connectivity index (χ3v) is 12.8. The first-order chi connectivity index (χ1) is 30.1. The molecular formula is C54H106NO7+. The van der Waals surface area contributed by atoms with Gasteiger partial charge in [-0.3, -0.25) is 9.59 Å². The van der Waals surface area contributed by atoms with Crippen molar-refractivity contribution in [1.29, 1.82) is 0 Å². The van der Waals surface area contributed by atoms with Crippen molar-refractivity contribution in [2.24, 2.45) is 0 Å². The van der Waals surface area contributed by atoms with Gasteiger partial charge in [0.1, 0.15) is 6.61 Å². The number of likely N-dealkylation sites (N-methyl/N-ethyl adjacent to an activating group) is 1. The number of hydrogen-bond acceptors (Lipinski definition) is 6.